The van der Waals surface area contributed by atoms with Crippen molar-refractivity contribution in [1.29, 1.82) is 0 Å². The van der Waals surface area contributed by atoms with Gasteiger partial charge in [0.05, 0.1) is 0 Å². The van der Waals surface area contributed by atoms with Gasteiger partial charge < -0.3 is 0 Å². The quantitative estimate of drug-likeness (QED) is 0.637. The molecule has 54 valence electrons. The van der Waals surface area contributed by atoms with Crippen LogP contribution in [0.3, 0.4) is 0 Å². The predicted octanol–water partition coefficient (Wildman–Crippen LogP) is 0.810. The molecule has 0 N–H and O–H groups in total. The largest absolute Gasteiger partial charge is 0.260 e. The molecule has 4 heteroatoms. The van der Waals surface area contributed by atoms with Crippen molar-refractivity contribution < 1.29 is 8.42 Å². The molecule has 0 aliphatic carbocycles. The van der Waals surface area contributed by atoms with Gasteiger partial charge in [-0.2, -0.15) is 0 Å². The summed E-state index contributed by atoms with van der Waals surface area (Å²) in [5.74, 6) is 0. The van der Waals surface area contributed by atoms with Gasteiger partial charge in [0.2, 0.25) is 0 Å². The van der Waals surface area contributed by atoms with Crippen LogP contribution in [0.25, 0.3) is 0 Å². The van der Waals surface area contributed by atoms with Crippen LogP contribution < -0.4 is 0 Å². The van der Waals surface area contributed by atoms with Crippen molar-refractivity contribution in [1.82, 2.24) is 3.97 Å². The first-order chi connectivity index (χ1) is 4.67. The van der Waals surface area contributed by atoms with Crippen LogP contribution in [0.5, 0.6) is 0 Å². The maximum absolute atomic E-state index is 10.9. The van der Waals surface area contributed by atoms with Crippen LogP contribution in [0.1, 0.15) is 0 Å². The van der Waals surface area contributed by atoms with Crippen LogP contribution in [0.4, 0.5) is 0 Å². The zero-order valence-corrected chi connectivity index (χ0v) is 6.08. The highest BCUT2D eigenvalue weighted by Crippen LogP contribution is 1.98. The third kappa shape index (κ3) is 1.11. The molecule has 0 aliphatic heterocycles. The zero-order chi connectivity index (χ0) is 7.61. The van der Waals surface area contributed by atoms with Crippen LogP contribution in [0.15, 0.2) is 36.5 Å². The van der Waals surface area contributed by atoms with E-state index in [0.717, 1.165) is 9.38 Å². The average Bonchev–Trinajstić information content (AvgIpc) is 2.38. The van der Waals surface area contributed by atoms with Crippen LogP contribution >= 0.6 is 0 Å². The molecule has 0 spiro atoms. The fourth-order valence-corrected chi connectivity index (χ4v) is 1.23. The lowest BCUT2D eigenvalue weighted by Gasteiger charge is -1.95. The third-order valence-electron chi connectivity index (χ3n) is 1.08. The number of hydrogen-bond acceptors (Lipinski definition) is 2. The summed E-state index contributed by atoms with van der Waals surface area (Å²) >= 11 is 0. The summed E-state index contributed by atoms with van der Waals surface area (Å²) in [6, 6.07) is 3.28. The van der Waals surface area contributed by atoms with Gasteiger partial charge in [-0.1, -0.05) is 6.58 Å². The van der Waals surface area contributed by atoms with Crippen molar-refractivity contribution in [3.63, 3.8) is 0 Å². The molecule has 0 fully saturated rings. The highest BCUT2D eigenvalue weighted by Gasteiger charge is 2.02. The van der Waals surface area contributed by atoms with Crippen molar-refractivity contribution in [2.24, 2.45) is 0 Å². The van der Waals surface area contributed by atoms with E-state index in [1.807, 2.05) is 0 Å². The second kappa shape index (κ2) is 2.30. The Balaban J connectivity index is 3.22. The number of rotatable bonds is 2. The topological polar surface area (TPSA) is 39.1 Å². The minimum Gasteiger partial charge on any atom is -0.250 e. The summed E-state index contributed by atoms with van der Waals surface area (Å²) in [5.41, 5.74) is 0. The van der Waals surface area contributed by atoms with Gasteiger partial charge in [-0.05, 0) is 12.1 Å². The Morgan fingerprint density at radius 2 is 1.80 bits per heavy atom. The number of aromatic nitrogens is 1. The molecule has 1 aromatic rings. The molecular weight excluding hydrogens is 150 g/mol. The summed E-state index contributed by atoms with van der Waals surface area (Å²) in [6.45, 7) is 3.18. The van der Waals surface area contributed by atoms with E-state index >= 15 is 0 Å². The van der Waals surface area contributed by atoms with E-state index in [1.165, 1.54) is 12.4 Å². The summed E-state index contributed by atoms with van der Waals surface area (Å²) in [4.78, 5) is 0. The van der Waals surface area contributed by atoms with E-state index in [-0.39, 0.29) is 0 Å². The summed E-state index contributed by atoms with van der Waals surface area (Å²) in [6.07, 6.45) is 2.91. The van der Waals surface area contributed by atoms with Gasteiger partial charge in [0, 0.05) is 17.8 Å². The summed E-state index contributed by atoms with van der Waals surface area (Å²) in [7, 11) is -3.27. The van der Waals surface area contributed by atoms with Crippen molar-refractivity contribution in [3.05, 3.63) is 36.5 Å². The van der Waals surface area contributed by atoms with Gasteiger partial charge in [0.25, 0.3) is 10.0 Å². The van der Waals surface area contributed by atoms with Crippen LogP contribution in [-0.4, -0.2) is 12.4 Å². The van der Waals surface area contributed by atoms with E-state index in [2.05, 4.69) is 6.58 Å². The van der Waals surface area contributed by atoms with Gasteiger partial charge in [0.15, 0.2) is 0 Å². The third-order valence-corrected chi connectivity index (χ3v) is 2.33. The van der Waals surface area contributed by atoms with Crippen molar-refractivity contribution in [3.8, 4) is 0 Å². The van der Waals surface area contributed by atoms with E-state index in [9.17, 15) is 8.42 Å². The fourth-order valence-electron chi connectivity index (χ4n) is 0.574. The Morgan fingerprint density at radius 1 is 1.30 bits per heavy atom. The lowest BCUT2D eigenvalue weighted by atomic mass is 10.7. The molecule has 0 amide bonds. The fraction of sp³-hybridized carbons (Fsp3) is 0. The minimum atomic E-state index is -3.27. The molecule has 0 saturated carbocycles. The van der Waals surface area contributed by atoms with Gasteiger partial charge >= 0.3 is 0 Å². The second-order valence-corrected chi connectivity index (χ2v) is 3.51. The molecule has 3 nitrogen and oxygen atoms in total. The minimum absolute atomic E-state index is 0.910. The Hall–Kier alpha value is -1.03. The molecule has 0 aromatic carbocycles. The molecule has 0 radical (unpaired) electrons. The first-order valence-electron chi connectivity index (χ1n) is 2.68. The predicted molar refractivity (Wildman–Crippen MR) is 38.9 cm³/mol. The lowest BCUT2D eigenvalue weighted by molar-refractivity contribution is 0.596. The van der Waals surface area contributed by atoms with Crippen LogP contribution in [-0.2, 0) is 10.0 Å². The lowest BCUT2D eigenvalue weighted by Crippen LogP contribution is -2.04. The Morgan fingerprint density at radius 3 is 2.20 bits per heavy atom. The molecule has 1 aromatic heterocycles. The smallest absolute Gasteiger partial charge is 0.250 e. The van der Waals surface area contributed by atoms with Gasteiger partial charge in [-0.25, -0.2) is 12.4 Å². The monoisotopic (exact) mass is 157 g/mol. The molecule has 10 heavy (non-hydrogen) atoms. The molecule has 0 aliphatic rings. The SMILES string of the molecule is C=CS(=O)(=O)n1cccc1. The summed E-state index contributed by atoms with van der Waals surface area (Å²) in [5, 5.41) is 0.910. The molecular formula is C6H7NO2S. The first kappa shape index (κ1) is 7.08. The normalized spacial score (nSPS) is 11.2. The maximum atomic E-state index is 10.9. The van der Waals surface area contributed by atoms with Crippen LogP contribution in [0, 0.1) is 0 Å². The molecule has 0 bridgehead atoms. The molecule has 1 rings (SSSR count). The van der Waals surface area contributed by atoms with E-state index in [1.54, 1.807) is 12.1 Å². The first-order valence-corrected chi connectivity index (χ1v) is 4.18. The Bertz CT molecular complexity index is 310. The van der Waals surface area contributed by atoms with Crippen molar-refractivity contribution in [2.45, 2.75) is 0 Å². The highest BCUT2D eigenvalue weighted by molar-refractivity contribution is 7.92. The summed E-state index contributed by atoms with van der Waals surface area (Å²) < 4.78 is 22.9. The molecule has 0 saturated heterocycles. The molecule has 0 unspecified atom stereocenters. The van der Waals surface area contributed by atoms with Gasteiger partial charge in [0.1, 0.15) is 0 Å². The van der Waals surface area contributed by atoms with E-state index in [4.69, 9.17) is 0 Å². The van der Waals surface area contributed by atoms with E-state index < -0.39 is 10.0 Å². The van der Waals surface area contributed by atoms with Crippen molar-refractivity contribution in [2.75, 3.05) is 0 Å². The Labute approximate surface area is 59.7 Å². The molecule has 1 heterocycles. The van der Waals surface area contributed by atoms with Gasteiger partial charge in [-0.15, -0.1) is 0 Å². The average molecular weight is 157 g/mol. The standard InChI is InChI=1S/C6H7NO2S/c1-2-10(8,9)7-5-3-4-6-7/h2-6H,1H2. The highest BCUT2D eigenvalue weighted by atomic mass is 32.2. The van der Waals surface area contributed by atoms with Crippen molar-refractivity contribution >= 4 is 10.0 Å². The number of nitrogens with zero attached hydrogens (tertiary/aromatic N) is 1. The number of hydrogen-bond donors (Lipinski definition) is 0. The van der Waals surface area contributed by atoms with Gasteiger partial charge in [-0.3, -0.25) is 0 Å². The van der Waals surface area contributed by atoms with E-state index in [0.29, 0.717) is 0 Å². The van der Waals surface area contributed by atoms with Crippen LogP contribution in [0.2, 0.25) is 0 Å². The maximum Gasteiger partial charge on any atom is 0.260 e. The Kier molecular flexibility index (Phi) is 1.63. The second-order valence-electron chi connectivity index (χ2n) is 1.72. The zero-order valence-electron chi connectivity index (χ0n) is 5.27. The molecule has 0 atom stereocenters.